The van der Waals surface area contributed by atoms with Crippen LogP contribution in [0.3, 0.4) is 0 Å². The summed E-state index contributed by atoms with van der Waals surface area (Å²) in [5.41, 5.74) is 0. The predicted molar refractivity (Wildman–Crippen MR) is 175 cm³/mol. The van der Waals surface area contributed by atoms with Crippen molar-refractivity contribution in [2.45, 2.75) is 151 Å². The minimum Gasteiger partial charge on any atom is -0.324 e. The minimum absolute atomic E-state index is 0.719. The lowest BCUT2D eigenvalue weighted by Crippen LogP contribution is -2.48. The zero-order valence-electron chi connectivity index (χ0n) is 27.4. The molecular weight excluding hydrogens is 468 g/mol. The van der Waals surface area contributed by atoms with E-state index in [0.717, 1.165) is 10.9 Å². The lowest BCUT2D eigenvalue weighted by atomic mass is 10.1. The standard InChI is InChI=1S/C34H75N2S/c1-8-35(9-2,10-3)31-27-23-19-15-17-21-25-29-33-37(14-7)34-30-26-22-18-16-20-24-28-32-36(11-4,12-5)13-6/h8-34H2,1-7H3/q+3. The summed E-state index contributed by atoms with van der Waals surface area (Å²) >= 11 is 0. The molecule has 0 radical (unpaired) electrons. The van der Waals surface area contributed by atoms with Crippen molar-refractivity contribution >= 4 is 10.9 Å². The van der Waals surface area contributed by atoms with Gasteiger partial charge in [0.1, 0.15) is 17.3 Å². The fraction of sp³-hybridized carbons (Fsp3) is 1.00. The van der Waals surface area contributed by atoms with E-state index >= 15 is 0 Å². The molecule has 0 heterocycles. The van der Waals surface area contributed by atoms with Crippen molar-refractivity contribution in [1.82, 2.24) is 0 Å². The van der Waals surface area contributed by atoms with Gasteiger partial charge in [0.15, 0.2) is 0 Å². The van der Waals surface area contributed by atoms with Crippen molar-refractivity contribution in [1.29, 1.82) is 0 Å². The SMILES string of the molecule is CC[S+](CCCCCCCCCC[N+](CC)(CC)CC)CCCCCCCCCC[N+](CC)(CC)CC. The lowest BCUT2D eigenvalue weighted by molar-refractivity contribution is -0.923. The van der Waals surface area contributed by atoms with Gasteiger partial charge in [-0.05, 0) is 111 Å². The van der Waals surface area contributed by atoms with Crippen LogP contribution >= 0.6 is 0 Å². The Labute approximate surface area is 240 Å². The molecule has 0 unspecified atom stereocenters. The molecular formula is C34H75N2S+3. The average Bonchev–Trinajstić information content (AvgIpc) is 2.94. The summed E-state index contributed by atoms with van der Waals surface area (Å²) < 4.78 is 2.66. The maximum atomic E-state index is 2.44. The van der Waals surface area contributed by atoms with Crippen molar-refractivity contribution in [3.63, 3.8) is 0 Å². The van der Waals surface area contributed by atoms with E-state index < -0.39 is 0 Å². The van der Waals surface area contributed by atoms with Crippen LogP contribution < -0.4 is 0 Å². The number of hydrogen-bond donors (Lipinski definition) is 0. The van der Waals surface area contributed by atoms with E-state index in [2.05, 4.69) is 48.5 Å². The molecule has 0 aromatic rings. The van der Waals surface area contributed by atoms with Crippen molar-refractivity contribution < 1.29 is 8.97 Å². The number of quaternary nitrogens is 2. The van der Waals surface area contributed by atoms with Gasteiger partial charge in [-0.3, -0.25) is 0 Å². The Balaban J connectivity index is 3.55. The van der Waals surface area contributed by atoms with Crippen LogP contribution in [0.2, 0.25) is 0 Å². The van der Waals surface area contributed by atoms with Crippen LogP contribution in [-0.4, -0.2) is 78.6 Å². The van der Waals surface area contributed by atoms with Crippen LogP contribution in [0.15, 0.2) is 0 Å². The first kappa shape index (κ1) is 37.3. The maximum absolute atomic E-state index is 2.44. The third-order valence-corrected chi connectivity index (χ3v) is 12.6. The minimum atomic E-state index is 0.719. The number of hydrogen-bond acceptors (Lipinski definition) is 0. The Morgan fingerprint density at radius 2 is 0.568 bits per heavy atom. The first-order chi connectivity index (χ1) is 18.0. The highest BCUT2D eigenvalue weighted by Crippen LogP contribution is 2.16. The smallest absolute Gasteiger partial charge is 0.108 e. The first-order valence-corrected chi connectivity index (χ1v) is 19.1. The number of rotatable bonds is 29. The molecule has 0 saturated heterocycles. The zero-order chi connectivity index (χ0) is 27.7. The first-order valence-electron chi connectivity index (χ1n) is 17.3. The van der Waals surface area contributed by atoms with E-state index in [4.69, 9.17) is 0 Å². The Kier molecular flexibility index (Phi) is 25.4. The van der Waals surface area contributed by atoms with Crippen LogP contribution in [0.5, 0.6) is 0 Å². The van der Waals surface area contributed by atoms with Gasteiger partial charge in [0.05, 0.1) is 52.4 Å². The highest BCUT2D eigenvalue weighted by molar-refractivity contribution is 7.96. The molecule has 37 heavy (non-hydrogen) atoms. The molecule has 0 fully saturated rings. The second-order valence-electron chi connectivity index (χ2n) is 12.0. The normalized spacial score (nSPS) is 12.6. The van der Waals surface area contributed by atoms with Crippen molar-refractivity contribution in [2.24, 2.45) is 0 Å². The molecule has 224 valence electrons. The van der Waals surface area contributed by atoms with Crippen LogP contribution in [0, 0.1) is 0 Å². The predicted octanol–water partition coefficient (Wildman–Crippen LogP) is 9.62. The van der Waals surface area contributed by atoms with Crippen molar-refractivity contribution in [2.75, 3.05) is 69.6 Å². The summed E-state index contributed by atoms with van der Waals surface area (Å²) in [5.74, 6) is 4.48. The van der Waals surface area contributed by atoms with Gasteiger partial charge < -0.3 is 8.97 Å². The Hall–Kier alpha value is 0.270. The van der Waals surface area contributed by atoms with E-state index in [9.17, 15) is 0 Å². The van der Waals surface area contributed by atoms with E-state index in [1.807, 2.05) is 0 Å². The molecule has 0 aliphatic carbocycles. The molecule has 0 rings (SSSR count). The molecule has 2 nitrogen and oxygen atoms in total. The highest BCUT2D eigenvalue weighted by Gasteiger charge is 2.20. The molecule has 0 aliphatic rings. The summed E-state index contributed by atoms with van der Waals surface area (Å²) in [6.07, 6.45) is 23.5. The Bertz CT molecular complexity index is 402. The van der Waals surface area contributed by atoms with Gasteiger partial charge in [-0.25, -0.2) is 0 Å². The number of unbranched alkanes of at least 4 members (excludes halogenated alkanes) is 14. The van der Waals surface area contributed by atoms with Gasteiger partial charge in [-0.1, -0.05) is 51.4 Å². The molecule has 0 aromatic heterocycles. The summed E-state index contributed by atoms with van der Waals surface area (Å²) in [5, 5.41) is 0. The highest BCUT2D eigenvalue weighted by atomic mass is 32.2. The molecule has 0 saturated carbocycles. The van der Waals surface area contributed by atoms with Gasteiger partial charge in [0, 0.05) is 0 Å². The fourth-order valence-corrected chi connectivity index (χ4v) is 8.32. The lowest BCUT2D eigenvalue weighted by Gasteiger charge is -2.35. The van der Waals surface area contributed by atoms with E-state index in [1.165, 1.54) is 181 Å². The van der Waals surface area contributed by atoms with Crippen LogP contribution in [0.4, 0.5) is 0 Å². The van der Waals surface area contributed by atoms with E-state index in [0.29, 0.717) is 0 Å². The van der Waals surface area contributed by atoms with Gasteiger partial charge >= 0.3 is 0 Å². The van der Waals surface area contributed by atoms with Crippen LogP contribution in [0.25, 0.3) is 0 Å². The van der Waals surface area contributed by atoms with E-state index in [-0.39, 0.29) is 0 Å². The van der Waals surface area contributed by atoms with Crippen molar-refractivity contribution in [3.05, 3.63) is 0 Å². The van der Waals surface area contributed by atoms with Crippen LogP contribution in [0.1, 0.15) is 151 Å². The second kappa shape index (κ2) is 25.3. The monoisotopic (exact) mass is 544 g/mol. The van der Waals surface area contributed by atoms with Gasteiger partial charge in [-0.2, -0.15) is 0 Å². The van der Waals surface area contributed by atoms with E-state index in [1.54, 1.807) is 0 Å². The summed E-state index contributed by atoms with van der Waals surface area (Å²) in [4.78, 5) is 0. The molecule has 0 N–H and O–H groups in total. The third-order valence-electron chi connectivity index (χ3n) is 10.1. The summed E-state index contributed by atoms with van der Waals surface area (Å²) in [6.45, 7) is 27.3. The quantitative estimate of drug-likeness (QED) is 0.0500. The van der Waals surface area contributed by atoms with Crippen molar-refractivity contribution in [3.8, 4) is 0 Å². The molecule has 0 spiro atoms. The molecule has 0 bridgehead atoms. The summed E-state index contributed by atoms with van der Waals surface area (Å²) in [7, 11) is 0.719. The van der Waals surface area contributed by atoms with Crippen LogP contribution in [-0.2, 0) is 10.9 Å². The third kappa shape index (κ3) is 18.3. The largest absolute Gasteiger partial charge is 0.324 e. The molecule has 0 aliphatic heterocycles. The molecule has 0 amide bonds. The van der Waals surface area contributed by atoms with Gasteiger partial charge in [-0.15, -0.1) is 0 Å². The Morgan fingerprint density at radius 3 is 0.811 bits per heavy atom. The molecule has 0 atom stereocenters. The topological polar surface area (TPSA) is 0 Å². The maximum Gasteiger partial charge on any atom is 0.108 e. The molecule has 0 aromatic carbocycles. The zero-order valence-corrected chi connectivity index (χ0v) is 28.2. The fourth-order valence-electron chi connectivity index (χ4n) is 6.31. The Morgan fingerprint density at radius 1 is 0.324 bits per heavy atom. The number of nitrogens with zero attached hydrogens (tertiary/aromatic N) is 2. The average molecular weight is 544 g/mol. The molecule has 3 heteroatoms. The second-order valence-corrected chi connectivity index (χ2v) is 14.6. The van der Waals surface area contributed by atoms with Gasteiger partial charge in [0.2, 0.25) is 0 Å². The summed E-state index contributed by atoms with van der Waals surface area (Å²) in [6, 6.07) is 0. The van der Waals surface area contributed by atoms with Gasteiger partial charge in [0.25, 0.3) is 0 Å².